The van der Waals surface area contributed by atoms with E-state index in [2.05, 4.69) is 15.7 Å². The fourth-order valence-electron chi connectivity index (χ4n) is 1.46. The van der Waals surface area contributed by atoms with E-state index in [1.54, 1.807) is 7.05 Å². The van der Waals surface area contributed by atoms with Gasteiger partial charge in [0.2, 0.25) is 5.91 Å². The zero-order valence-electron chi connectivity index (χ0n) is 10.7. The van der Waals surface area contributed by atoms with Gasteiger partial charge in [-0.15, -0.1) is 0 Å². The van der Waals surface area contributed by atoms with Gasteiger partial charge < -0.3 is 16.4 Å². The largest absolute Gasteiger partial charge is 0.396 e. The van der Waals surface area contributed by atoms with Gasteiger partial charge in [-0.2, -0.15) is 5.10 Å². The second-order valence-electron chi connectivity index (χ2n) is 3.93. The zero-order chi connectivity index (χ0) is 13.5. The maximum Gasteiger partial charge on any atom is 0.271 e. The van der Waals surface area contributed by atoms with Crippen molar-refractivity contribution in [2.75, 3.05) is 18.8 Å². The lowest BCUT2D eigenvalue weighted by Gasteiger charge is -2.06. The third-order valence-electron chi connectivity index (χ3n) is 2.39. The highest BCUT2D eigenvalue weighted by molar-refractivity contribution is 5.97. The molecule has 7 nitrogen and oxygen atoms in total. The molecule has 0 radical (unpaired) electrons. The first-order valence-electron chi connectivity index (χ1n) is 5.88. The van der Waals surface area contributed by atoms with E-state index in [-0.39, 0.29) is 24.8 Å². The summed E-state index contributed by atoms with van der Waals surface area (Å²) in [7, 11) is 1.64. The minimum absolute atomic E-state index is 0.0740. The number of rotatable bonds is 6. The maximum absolute atomic E-state index is 11.8. The Bertz CT molecular complexity index is 408. The molecule has 0 spiro atoms. The molecule has 0 atom stereocenters. The van der Waals surface area contributed by atoms with Crippen LogP contribution in [0.1, 0.15) is 30.3 Å². The standard InChI is InChI=1S/C11H19N5O2/c1-3-5-13-9(17)4-6-14-11(18)10-8(12)7-15-16(10)2/h7H,3-6,12H2,1-2H3,(H,13,17)(H,14,18). The van der Waals surface area contributed by atoms with Crippen LogP contribution >= 0.6 is 0 Å². The third kappa shape index (κ3) is 3.76. The summed E-state index contributed by atoms with van der Waals surface area (Å²) in [6.45, 7) is 2.91. The van der Waals surface area contributed by atoms with Gasteiger partial charge in [-0.05, 0) is 6.42 Å². The lowest BCUT2D eigenvalue weighted by Crippen LogP contribution is -2.32. The van der Waals surface area contributed by atoms with E-state index in [1.807, 2.05) is 6.92 Å². The van der Waals surface area contributed by atoms with Crippen LogP contribution in [-0.4, -0.2) is 34.7 Å². The predicted octanol–water partition coefficient (Wildman–Crippen LogP) is -0.352. The molecule has 1 heterocycles. The Labute approximate surface area is 106 Å². The van der Waals surface area contributed by atoms with Crippen molar-refractivity contribution in [1.29, 1.82) is 0 Å². The third-order valence-corrected chi connectivity index (χ3v) is 2.39. The van der Waals surface area contributed by atoms with Gasteiger partial charge in [-0.3, -0.25) is 14.3 Å². The number of nitrogens with one attached hydrogen (secondary N) is 2. The normalized spacial score (nSPS) is 10.1. The van der Waals surface area contributed by atoms with Crippen molar-refractivity contribution in [2.45, 2.75) is 19.8 Å². The predicted molar refractivity (Wildman–Crippen MR) is 67.9 cm³/mol. The van der Waals surface area contributed by atoms with Crippen LogP contribution in [0.5, 0.6) is 0 Å². The number of nitrogen functional groups attached to an aromatic ring is 1. The maximum atomic E-state index is 11.8. The Kier molecular flexibility index (Phi) is 5.16. The first kappa shape index (κ1) is 14.0. The summed E-state index contributed by atoms with van der Waals surface area (Å²) in [5.41, 5.74) is 6.25. The van der Waals surface area contributed by atoms with Crippen molar-refractivity contribution >= 4 is 17.5 Å². The monoisotopic (exact) mass is 253 g/mol. The molecule has 2 amide bonds. The first-order chi connectivity index (χ1) is 8.56. The van der Waals surface area contributed by atoms with Crippen molar-refractivity contribution in [2.24, 2.45) is 7.05 Å². The molecular weight excluding hydrogens is 234 g/mol. The van der Waals surface area contributed by atoms with Crippen LogP contribution in [0.15, 0.2) is 6.20 Å². The van der Waals surface area contributed by atoms with E-state index in [1.165, 1.54) is 10.9 Å². The molecule has 0 aromatic carbocycles. The highest BCUT2D eigenvalue weighted by Gasteiger charge is 2.14. The molecule has 1 rings (SSSR count). The van der Waals surface area contributed by atoms with Crippen molar-refractivity contribution in [3.63, 3.8) is 0 Å². The fraction of sp³-hybridized carbons (Fsp3) is 0.545. The van der Waals surface area contributed by atoms with Gasteiger partial charge >= 0.3 is 0 Å². The van der Waals surface area contributed by atoms with E-state index < -0.39 is 0 Å². The Balaban J connectivity index is 2.36. The lowest BCUT2D eigenvalue weighted by atomic mass is 10.3. The van der Waals surface area contributed by atoms with Crippen LogP contribution in [0.2, 0.25) is 0 Å². The van der Waals surface area contributed by atoms with Gasteiger partial charge in [0.15, 0.2) is 0 Å². The summed E-state index contributed by atoms with van der Waals surface area (Å²) in [5, 5.41) is 9.24. The molecule has 1 aromatic heterocycles. The highest BCUT2D eigenvalue weighted by Crippen LogP contribution is 2.08. The molecule has 4 N–H and O–H groups in total. The summed E-state index contributed by atoms with van der Waals surface area (Å²) in [6.07, 6.45) is 2.57. The molecule has 100 valence electrons. The second kappa shape index (κ2) is 6.63. The Hall–Kier alpha value is -2.05. The van der Waals surface area contributed by atoms with Crippen molar-refractivity contribution in [3.8, 4) is 0 Å². The van der Waals surface area contributed by atoms with Crippen LogP contribution in [-0.2, 0) is 11.8 Å². The van der Waals surface area contributed by atoms with Gasteiger partial charge in [0.25, 0.3) is 5.91 Å². The van der Waals surface area contributed by atoms with Gasteiger partial charge in [0, 0.05) is 26.6 Å². The average molecular weight is 253 g/mol. The number of anilines is 1. The molecule has 18 heavy (non-hydrogen) atoms. The smallest absolute Gasteiger partial charge is 0.271 e. The molecule has 7 heteroatoms. The minimum atomic E-state index is -0.323. The number of aryl methyl sites for hydroxylation is 1. The van der Waals surface area contributed by atoms with Crippen molar-refractivity contribution in [3.05, 3.63) is 11.9 Å². The van der Waals surface area contributed by atoms with Crippen molar-refractivity contribution < 1.29 is 9.59 Å². The Morgan fingerprint density at radius 1 is 1.39 bits per heavy atom. The number of carbonyl (C=O) groups excluding carboxylic acids is 2. The van der Waals surface area contributed by atoms with Crippen molar-refractivity contribution in [1.82, 2.24) is 20.4 Å². The number of amides is 2. The Morgan fingerprint density at radius 3 is 2.67 bits per heavy atom. The quantitative estimate of drug-likeness (QED) is 0.644. The number of hydrogen-bond acceptors (Lipinski definition) is 4. The molecule has 0 saturated carbocycles. The molecule has 0 aliphatic rings. The van der Waals surface area contributed by atoms with Gasteiger partial charge in [0.05, 0.1) is 11.9 Å². The zero-order valence-corrected chi connectivity index (χ0v) is 10.7. The van der Waals surface area contributed by atoms with E-state index in [4.69, 9.17) is 5.73 Å². The van der Waals surface area contributed by atoms with Gasteiger partial charge in [-0.1, -0.05) is 6.92 Å². The summed E-state index contributed by atoms with van der Waals surface area (Å²) in [4.78, 5) is 23.1. The van der Waals surface area contributed by atoms with Crippen LogP contribution in [0.25, 0.3) is 0 Å². The molecule has 0 aliphatic carbocycles. The summed E-state index contributed by atoms with van der Waals surface area (Å²) < 4.78 is 1.40. The fourth-order valence-corrected chi connectivity index (χ4v) is 1.46. The molecule has 0 fully saturated rings. The Morgan fingerprint density at radius 2 is 2.11 bits per heavy atom. The van der Waals surface area contributed by atoms with Crippen LogP contribution in [0, 0.1) is 0 Å². The molecule has 0 bridgehead atoms. The lowest BCUT2D eigenvalue weighted by molar-refractivity contribution is -0.120. The van der Waals surface area contributed by atoms with Gasteiger partial charge in [-0.25, -0.2) is 0 Å². The summed E-state index contributed by atoms with van der Waals surface area (Å²) in [5.74, 6) is -0.397. The number of carbonyl (C=O) groups is 2. The van der Waals surface area contributed by atoms with E-state index >= 15 is 0 Å². The molecular formula is C11H19N5O2. The second-order valence-corrected chi connectivity index (χ2v) is 3.93. The number of nitrogens with zero attached hydrogens (tertiary/aromatic N) is 2. The molecule has 0 saturated heterocycles. The van der Waals surface area contributed by atoms with E-state index in [9.17, 15) is 9.59 Å². The number of hydrogen-bond donors (Lipinski definition) is 3. The van der Waals surface area contributed by atoms with Crippen LogP contribution in [0.3, 0.4) is 0 Å². The topological polar surface area (TPSA) is 102 Å². The van der Waals surface area contributed by atoms with E-state index in [0.717, 1.165) is 6.42 Å². The minimum Gasteiger partial charge on any atom is -0.396 e. The number of aromatic nitrogens is 2. The SMILES string of the molecule is CCCNC(=O)CCNC(=O)c1c(N)cnn1C. The molecule has 1 aromatic rings. The molecule has 0 unspecified atom stereocenters. The first-order valence-corrected chi connectivity index (χ1v) is 5.88. The average Bonchev–Trinajstić information content (AvgIpc) is 2.66. The van der Waals surface area contributed by atoms with Crippen LogP contribution < -0.4 is 16.4 Å². The van der Waals surface area contributed by atoms with Crippen LogP contribution in [0.4, 0.5) is 5.69 Å². The summed E-state index contributed by atoms with van der Waals surface area (Å²) >= 11 is 0. The van der Waals surface area contributed by atoms with Gasteiger partial charge in [0.1, 0.15) is 5.69 Å². The summed E-state index contributed by atoms with van der Waals surface area (Å²) in [6, 6.07) is 0. The number of nitrogens with two attached hydrogens (primary N) is 1. The molecule has 0 aliphatic heterocycles. The highest BCUT2D eigenvalue weighted by atomic mass is 16.2. The van der Waals surface area contributed by atoms with E-state index in [0.29, 0.717) is 17.9 Å².